The minimum absolute atomic E-state index is 0.351. The largest absolute Gasteiger partial charge is 0.465 e. The molecule has 0 unspecified atom stereocenters. The van der Waals surface area contributed by atoms with Crippen LogP contribution in [0.1, 0.15) is 30.6 Å². The van der Waals surface area contributed by atoms with Crippen molar-refractivity contribution >= 4 is 22.6 Å². The Hall–Kier alpha value is -2.08. The number of rotatable bonds is 4. The summed E-state index contributed by atoms with van der Waals surface area (Å²) in [6.07, 6.45) is 2.37. The van der Waals surface area contributed by atoms with E-state index >= 15 is 0 Å². The second-order valence-corrected chi connectivity index (χ2v) is 5.45. The van der Waals surface area contributed by atoms with E-state index in [1.807, 2.05) is 6.20 Å². The van der Waals surface area contributed by atoms with Gasteiger partial charge < -0.3 is 15.6 Å². The molecule has 0 saturated carbocycles. The van der Waals surface area contributed by atoms with Crippen molar-refractivity contribution in [3.05, 3.63) is 23.9 Å². The number of aryl methyl sites for hydroxylation is 1. The predicted molar refractivity (Wildman–Crippen MR) is 76.4 cm³/mol. The van der Waals surface area contributed by atoms with Gasteiger partial charge in [0, 0.05) is 23.8 Å². The third-order valence-electron chi connectivity index (χ3n) is 3.04. The summed E-state index contributed by atoms with van der Waals surface area (Å²) in [6, 6.07) is 3.32. The van der Waals surface area contributed by atoms with Crippen molar-refractivity contribution in [1.82, 2.24) is 9.78 Å². The number of ether oxygens (including phenoxy) is 1. The molecular formula is C14H19N3O3. The summed E-state index contributed by atoms with van der Waals surface area (Å²) in [5.74, 6) is -0.463. The lowest BCUT2D eigenvalue weighted by Crippen LogP contribution is -2.21. The molecule has 2 aromatic rings. The highest BCUT2D eigenvalue weighted by atomic mass is 16.5. The molecule has 6 nitrogen and oxygen atoms in total. The molecule has 2 rings (SSSR count). The molecule has 0 saturated heterocycles. The average molecular weight is 277 g/mol. The van der Waals surface area contributed by atoms with Gasteiger partial charge in [-0.3, -0.25) is 4.68 Å². The number of nitrogens with zero attached hydrogens (tertiary/aromatic N) is 2. The smallest absolute Gasteiger partial charge is 0.340 e. The number of nitrogen functional groups attached to an aromatic ring is 1. The summed E-state index contributed by atoms with van der Waals surface area (Å²) in [5, 5.41) is 14.9. The van der Waals surface area contributed by atoms with E-state index in [0.29, 0.717) is 29.7 Å². The second kappa shape index (κ2) is 5.13. The van der Waals surface area contributed by atoms with Crippen LogP contribution in [0.25, 0.3) is 10.9 Å². The monoisotopic (exact) mass is 277 g/mol. The van der Waals surface area contributed by atoms with E-state index in [2.05, 4.69) is 5.10 Å². The first-order valence-corrected chi connectivity index (χ1v) is 6.37. The quantitative estimate of drug-likeness (QED) is 0.654. The first-order valence-electron chi connectivity index (χ1n) is 6.37. The molecule has 0 aliphatic heterocycles. The molecule has 0 radical (unpaired) electrons. The average Bonchev–Trinajstić information content (AvgIpc) is 2.76. The van der Waals surface area contributed by atoms with Gasteiger partial charge in [-0.15, -0.1) is 0 Å². The third-order valence-corrected chi connectivity index (χ3v) is 3.04. The number of aromatic nitrogens is 2. The van der Waals surface area contributed by atoms with Crippen molar-refractivity contribution in [2.24, 2.45) is 0 Å². The normalized spacial score (nSPS) is 11.8. The van der Waals surface area contributed by atoms with Gasteiger partial charge in [-0.25, -0.2) is 4.79 Å². The van der Waals surface area contributed by atoms with Gasteiger partial charge in [0.2, 0.25) is 0 Å². The Morgan fingerprint density at radius 1 is 1.50 bits per heavy atom. The molecule has 6 heteroatoms. The molecule has 20 heavy (non-hydrogen) atoms. The number of hydrogen-bond acceptors (Lipinski definition) is 5. The van der Waals surface area contributed by atoms with Crippen LogP contribution in [-0.4, -0.2) is 33.6 Å². The maximum Gasteiger partial charge on any atom is 0.340 e. The lowest BCUT2D eigenvalue weighted by atomic mass is 10.1. The maximum absolute atomic E-state index is 11.7. The van der Waals surface area contributed by atoms with Gasteiger partial charge >= 0.3 is 5.97 Å². The Morgan fingerprint density at radius 3 is 2.80 bits per heavy atom. The highest BCUT2D eigenvalue weighted by molar-refractivity contribution is 6.04. The second-order valence-electron chi connectivity index (χ2n) is 5.45. The van der Waals surface area contributed by atoms with Gasteiger partial charge in [0.1, 0.15) is 5.52 Å². The van der Waals surface area contributed by atoms with E-state index in [-0.39, 0.29) is 0 Å². The summed E-state index contributed by atoms with van der Waals surface area (Å²) < 4.78 is 6.44. The van der Waals surface area contributed by atoms with E-state index in [4.69, 9.17) is 10.5 Å². The van der Waals surface area contributed by atoms with Crippen LogP contribution in [-0.2, 0) is 11.3 Å². The van der Waals surface area contributed by atoms with E-state index in [9.17, 15) is 9.90 Å². The number of methoxy groups -OCH3 is 1. The van der Waals surface area contributed by atoms with Crippen LogP contribution in [0.15, 0.2) is 18.3 Å². The molecule has 0 fully saturated rings. The number of nitrogens with two attached hydrogens (primary N) is 1. The fourth-order valence-electron chi connectivity index (χ4n) is 1.98. The van der Waals surface area contributed by atoms with E-state index in [1.165, 1.54) is 7.11 Å². The van der Waals surface area contributed by atoms with Crippen molar-refractivity contribution in [3.63, 3.8) is 0 Å². The number of esters is 1. The fraction of sp³-hybridized carbons (Fsp3) is 0.429. The molecule has 1 heterocycles. The zero-order valence-corrected chi connectivity index (χ0v) is 11.9. The standard InChI is InChI=1S/C14H19N3O3/c1-14(2,19)4-5-17-8-9-6-10(15)7-11(12(9)16-17)13(18)20-3/h6-8,19H,4-5,15H2,1-3H3. The van der Waals surface area contributed by atoms with Crippen LogP contribution in [0.5, 0.6) is 0 Å². The Morgan fingerprint density at radius 2 is 2.20 bits per heavy atom. The van der Waals surface area contributed by atoms with Gasteiger partial charge in [-0.05, 0) is 32.4 Å². The SMILES string of the molecule is COC(=O)c1cc(N)cc2cn(CCC(C)(C)O)nc12. The molecule has 108 valence electrons. The molecule has 0 atom stereocenters. The van der Waals surface area contributed by atoms with Crippen LogP contribution >= 0.6 is 0 Å². The fourth-order valence-corrected chi connectivity index (χ4v) is 1.98. The molecule has 0 amide bonds. The van der Waals surface area contributed by atoms with Crippen molar-refractivity contribution in [1.29, 1.82) is 0 Å². The number of carbonyl (C=O) groups excluding carboxylic acids is 1. The number of aliphatic hydroxyl groups is 1. The Balaban J connectivity index is 2.40. The predicted octanol–water partition coefficient (Wildman–Crippen LogP) is 1.57. The van der Waals surface area contributed by atoms with Gasteiger partial charge in [-0.1, -0.05) is 0 Å². The number of benzene rings is 1. The van der Waals surface area contributed by atoms with Crippen molar-refractivity contribution in [2.45, 2.75) is 32.4 Å². The molecule has 0 spiro atoms. The van der Waals surface area contributed by atoms with Crippen molar-refractivity contribution in [2.75, 3.05) is 12.8 Å². The molecular weight excluding hydrogens is 258 g/mol. The zero-order valence-electron chi connectivity index (χ0n) is 11.9. The number of fused-ring (bicyclic) bond motifs is 1. The molecule has 3 N–H and O–H groups in total. The van der Waals surface area contributed by atoms with Crippen molar-refractivity contribution < 1.29 is 14.6 Å². The lowest BCUT2D eigenvalue weighted by Gasteiger charge is -2.16. The molecule has 1 aromatic carbocycles. The number of carbonyl (C=O) groups is 1. The first-order chi connectivity index (χ1) is 9.30. The Kier molecular flexibility index (Phi) is 3.67. The third kappa shape index (κ3) is 3.08. The molecule has 0 aliphatic carbocycles. The van der Waals surface area contributed by atoms with E-state index < -0.39 is 11.6 Å². The number of anilines is 1. The minimum atomic E-state index is -0.762. The molecule has 0 aliphatic rings. The minimum Gasteiger partial charge on any atom is -0.465 e. The lowest BCUT2D eigenvalue weighted by molar-refractivity contribution is 0.0600. The van der Waals surface area contributed by atoms with Crippen molar-refractivity contribution in [3.8, 4) is 0 Å². The maximum atomic E-state index is 11.7. The van der Waals surface area contributed by atoms with Crippen LogP contribution in [0.2, 0.25) is 0 Å². The highest BCUT2D eigenvalue weighted by Gasteiger charge is 2.16. The van der Waals surface area contributed by atoms with E-state index in [0.717, 1.165) is 5.39 Å². The van der Waals surface area contributed by atoms with Crippen LogP contribution < -0.4 is 5.73 Å². The van der Waals surface area contributed by atoms with Gasteiger partial charge in [-0.2, -0.15) is 5.10 Å². The van der Waals surface area contributed by atoms with Gasteiger partial charge in [0.15, 0.2) is 0 Å². The summed E-state index contributed by atoms with van der Waals surface area (Å²) in [4.78, 5) is 11.7. The summed E-state index contributed by atoms with van der Waals surface area (Å²) in [5.41, 5.74) is 6.42. The molecule has 0 bridgehead atoms. The van der Waals surface area contributed by atoms with E-state index in [1.54, 1.807) is 30.7 Å². The molecule has 1 aromatic heterocycles. The van der Waals surface area contributed by atoms with Gasteiger partial charge in [0.05, 0.1) is 18.3 Å². The zero-order chi connectivity index (χ0) is 14.9. The topological polar surface area (TPSA) is 90.4 Å². The summed E-state index contributed by atoms with van der Waals surface area (Å²) in [7, 11) is 1.32. The highest BCUT2D eigenvalue weighted by Crippen LogP contribution is 2.22. The van der Waals surface area contributed by atoms with Crippen LogP contribution in [0.4, 0.5) is 5.69 Å². The Bertz CT molecular complexity index is 641. The number of hydrogen-bond donors (Lipinski definition) is 2. The summed E-state index contributed by atoms with van der Waals surface area (Å²) >= 11 is 0. The summed E-state index contributed by atoms with van der Waals surface area (Å²) in [6.45, 7) is 4.04. The van der Waals surface area contributed by atoms with Crippen LogP contribution in [0.3, 0.4) is 0 Å². The van der Waals surface area contributed by atoms with Gasteiger partial charge in [0.25, 0.3) is 0 Å². The van der Waals surface area contributed by atoms with Crippen LogP contribution in [0, 0.1) is 0 Å². The Labute approximate surface area is 117 Å². The first kappa shape index (κ1) is 14.3.